The summed E-state index contributed by atoms with van der Waals surface area (Å²) in [5.74, 6) is 1.06. The molecule has 0 radical (unpaired) electrons. The molecule has 1 aromatic carbocycles. The second-order valence-corrected chi connectivity index (χ2v) is 7.62. The number of anilines is 1. The van der Waals surface area contributed by atoms with Crippen LogP contribution in [0.1, 0.15) is 24.8 Å². The molecule has 1 aliphatic heterocycles. The van der Waals surface area contributed by atoms with Gasteiger partial charge in [0.15, 0.2) is 0 Å². The van der Waals surface area contributed by atoms with E-state index in [4.69, 9.17) is 0 Å². The molecule has 0 spiro atoms. The topological polar surface area (TPSA) is 61.4 Å². The summed E-state index contributed by atoms with van der Waals surface area (Å²) in [6, 6.07) is 6.92. The minimum atomic E-state index is -0.208. The van der Waals surface area contributed by atoms with Crippen LogP contribution in [0.4, 0.5) is 15.0 Å². The Hall–Kier alpha value is -2.70. The second kappa shape index (κ2) is 8.54. The van der Waals surface area contributed by atoms with E-state index in [1.54, 1.807) is 18.6 Å². The number of piperazine rings is 1. The summed E-state index contributed by atoms with van der Waals surface area (Å²) in [6.45, 7) is 2.88. The van der Waals surface area contributed by atoms with Gasteiger partial charge in [0.05, 0.1) is 6.20 Å². The number of urea groups is 1. The Morgan fingerprint density at radius 1 is 1.11 bits per heavy atom. The van der Waals surface area contributed by atoms with Crippen LogP contribution in [-0.2, 0) is 6.42 Å². The van der Waals surface area contributed by atoms with Crippen LogP contribution in [0.5, 0.6) is 0 Å². The van der Waals surface area contributed by atoms with Gasteiger partial charge in [-0.3, -0.25) is 4.98 Å². The predicted octanol–water partition coefficient (Wildman–Crippen LogP) is 2.86. The van der Waals surface area contributed by atoms with E-state index in [0.29, 0.717) is 19.0 Å². The molecule has 2 aliphatic rings. The van der Waals surface area contributed by atoms with Crippen molar-refractivity contribution < 1.29 is 9.18 Å². The third-order valence-corrected chi connectivity index (χ3v) is 5.82. The first-order chi connectivity index (χ1) is 13.7. The Morgan fingerprint density at radius 3 is 2.61 bits per heavy atom. The zero-order valence-electron chi connectivity index (χ0n) is 15.9. The molecule has 28 heavy (non-hydrogen) atoms. The first-order valence-electron chi connectivity index (χ1n) is 10.00. The smallest absolute Gasteiger partial charge is 0.317 e. The van der Waals surface area contributed by atoms with Gasteiger partial charge in [-0.05, 0) is 42.9 Å². The first-order valence-corrected chi connectivity index (χ1v) is 10.00. The van der Waals surface area contributed by atoms with Gasteiger partial charge in [0, 0.05) is 44.6 Å². The van der Waals surface area contributed by atoms with Gasteiger partial charge in [-0.15, -0.1) is 0 Å². The van der Waals surface area contributed by atoms with E-state index in [2.05, 4.69) is 20.2 Å². The highest BCUT2D eigenvalue weighted by Crippen LogP contribution is 2.29. The summed E-state index contributed by atoms with van der Waals surface area (Å²) >= 11 is 0. The number of carbonyl (C=O) groups excluding carboxylic acids is 1. The van der Waals surface area contributed by atoms with Crippen LogP contribution in [0.3, 0.4) is 0 Å². The molecule has 2 atom stereocenters. The van der Waals surface area contributed by atoms with Crippen molar-refractivity contribution in [1.82, 2.24) is 20.2 Å². The van der Waals surface area contributed by atoms with Crippen molar-refractivity contribution in [2.75, 3.05) is 31.1 Å². The fourth-order valence-corrected chi connectivity index (χ4v) is 4.24. The summed E-state index contributed by atoms with van der Waals surface area (Å²) in [7, 11) is 0. The van der Waals surface area contributed by atoms with Gasteiger partial charge in [-0.25, -0.2) is 14.2 Å². The molecule has 148 valence electrons. The van der Waals surface area contributed by atoms with Crippen LogP contribution in [0, 0.1) is 11.7 Å². The Morgan fingerprint density at radius 2 is 1.89 bits per heavy atom. The van der Waals surface area contributed by atoms with Crippen molar-refractivity contribution in [3.63, 3.8) is 0 Å². The molecular formula is C21H26FN5O. The molecule has 1 aromatic heterocycles. The third-order valence-electron chi connectivity index (χ3n) is 5.82. The van der Waals surface area contributed by atoms with Crippen LogP contribution in [-0.4, -0.2) is 53.1 Å². The summed E-state index contributed by atoms with van der Waals surface area (Å²) in [5.41, 5.74) is 1.13. The Kier molecular flexibility index (Phi) is 5.69. The average Bonchev–Trinajstić information content (AvgIpc) is 3.17. The standard InChI is InChI=1S/C21H26FN5O/c22-18-6-4-16(5-7-18)14-17-2-1-3-19(17)25-21(28)27-12-10-26(11-13-27)20-15-23-8-9-24-20/h4-9,15,17,19H,1-3,10-14H2,(H,25,28)/t17-,19-/m0/s1. The molecule has 1 N–H and O–H groups in total. The zero-order chi connectivity index (χ0) is 19.3. The molecule has 0 unspecified atom stereocenters. The lowest BCUT2D eigenvalue weighted by molar-refractivity contribution is 0.187. The molecule has 0 bridgehead atoms. The number of amides is 2. The SMILES string of the molecule is O=C(N[C@H]1CCC[C@H]1Cc1ccc(F)cc1)N1CCN(c2cnccn2)CC1. The van der Waals surface area contributed by atoms with Crippen LogP contribution in [0.15, 0.2) is 42.9 Å². The predicted molar refractivity (Wildman–Crippen MR) is 106 cm³/mol. The van der Waals surface area contributed by atoms with Crippen LogP contribution >= 0.6 is 0 Å². The maximum absolute atomic E-state index is 13.1. The number of aromatic nitrogens is 2. The van der Waals surface area contributed by atoms with Crippen molar-refractivity contribution in [3.8, 4) is 0 Å². The summed E-state index contributed by atoms with van der Waals surface area (Å²) in [6.07, 6.45) is 9.23. The molecule has 2 heterocycles. The van der Waals surface area contributed by atoms with E-state index in [1.165, 1.54) is 12.1 Å². The highest BCUT2D eigenvalue weighted by Gasteiger charge is 2.31. The number of nitrogens with zero attached hydrogens (tertiary/aromatic N) is 4. The molecule has 2 fully saturated rings. The second-order valence-electron chi connectivity index (χ2n) is 7.62. The van der Waals surface area contributed by atoms with Gasteiger partial charge in [0.2, 0.25) is 0 Å². The Balaban J connectivity index is 1.29. The molecule has 2 aromatic rings. The molecule has 7 heteroatoms. The normalized spacial score (nSPS) is 22.3. The van der Waals surface area contributed by atoms with Crippen LogP contribution in [0.25, 0.3) is 0 Å². The molecule has 2 amide bonds. The number of carbonyl (C=O) groups is 1. The van der Waals surface area contributed by atoms with Gasteiger partial charge in [-0.2, -0.15) is 0 Å². The maximum Gasteiger partial charge on any atom is 0.317 e. The van der Waals surface area contributed by atoms with E-state index < -0.39 is 0 Å². The van der Waals surface area contributed by atoms with Crippen molar-refractivity contribution in [2.24, 2.45) is 5.92 Å². The number of rotatable bonds is 4. The van der Waals surface area contributed by atoms with E-state index in [9.17, 15) is 9.18 Å². The lowest BCUT2D eigenvalue weighted by Crippen LogP contribution is -2.54. The average molecular weight is 383 g/mol. The van der Waals surface area contributed by atoms with Crippen molar-refractivity contribution in [3.05, 3.63) is 54.2 Å². The number of benzene rings is 1. The molecule has 1 saturated carbocycles. The monoisotopic (exact) mass is 383 g/mol. The highest BCUT2D eigenvalue weighted by atomic mass is 19.1. The van der Waals surface area contributed by atoms with E-state index >= 15 is 0 Å². The van der Waals surface area contributed by atoms with E-state index in [0.717, 1.165) is 50.2 Å². The van der Waals surface area contributed by atoms with Gasteiger partial charge >= 0.3 is 6.03 Å². The fraction of sp³-hybridized carbons (Fsp3) is 0.476. The number of halogens is 1. The molecular weight excluding hydrogens is 357 g/mol. The van der Waals surface area contributed by atoms with Crippen molar-refractivity contribution in [1.29, 1.82) is 0 Å². The summed E-state index contributed by atoms with van der Waals surface area (Å²) in [5, 5.41) is 3.25. The van der Waals surface area contributed by atoms with Crippen molar-refractivity contribution in [2.45, 2.75) is 31.7 Å². The van der Waals surface area contributed by atoms with E-state index in [1.807, 2.05) is 17.0 Å². The number of hydrogen-bond donors (Lipinski definition) is 1. The van der Waals surface area contributed by atoms with Gasteiger partial charge in [0.25, 0.3) is 0 Å². The Labute approximate surface area is 164 Å². The number of hydrogen-bond acceptors (Lipinski definition) is 4. The van der Waals surface area contributed by atoms with Crippen molar-refractivity contribution >= 4 is 11.8 Å². The van der Waals surface area contributed by atoms with Gasteiger partial charge in [0.1, 0.15) is 11.6 Å². The minimum absolute atomic E-state index is 0.0230. The minimum Gasteiger partial charge on any atom is -0.352 e. The van der Waals surface area contributed by atoms with Crippen LogP contribution in [0.2, 0.25) is 0 Å². The largest absolute Gasteiger partial charge is 0.352 e. The molecule has 4 rings (SSSR count). The molecule has 1 saturated heterocycles. The number of nitrogens with one attached hydrogen (secondary N) is 1. The Bertz CT molecular complexity index is 777. The van der Waals surface area contributed by atoms with Gasteiger partial charge < -0.3 is 15.1 Å². The first kappa shape index (κ1) is 18.7. The lowest BCUT2D eigenvalue weighted by Gasteiger charge is -2.36. The van der Waals surface area contributed by atoms with Crippen LogP contribution < -0.4 is 10.2 Å². The zero-order valence-corrected chi connectivity index (χ0v) is 15.9. The summed E-state index contributed by atoms with van der Waals surface area (Å²) in [4.78, 5) is 25.2. The fourth-order valence-electron chi connectivity index (χ4n) is 4.24. The summed E-state index contributed by atoms with van der Waals surface area (Å²) < 4.78 is 13.1. The third kappa shape index (κ3) is 4.40. The maximum atomic E-state index is 13.1. The molecule has 6 nitrogen and oxygen atoms in total. The highest BCUT2D eigenvalue weighted by molar-refractivity contribution is 5.75. The van der Waals surface area contributed by atoms with Gasteiger partial charge in [-0.1, -0.05) is 18.6 Å². The lowest BCUT2D eigenvalue weighted by atomic mass is 9.94. The quantitative estimate of drug-likeness (QED) is 0.882. The van der Waals surface area contributed by atoms with E-state index in [-0.39, 0.29) is 17.9 Å². The molecule has 1 aliphatic carbocycles.